The number of aromatic nitrogens is 5. The van der Waals surface area contributed by atoms with E-state index in [0.29, 0.717) is 6.54 Å². The average molecular weight is 366 g/mol. The molecular formula is C19H22N6O2. The quantitative estimate of drug-likeness (QED) is 0.711. The normalized spacial score (nSPS) is 20.1. The average Bonchev–Trinajstić information content (AvgIpc) is 3.35. The summed E-state index contributed by atoms with van der Waals surface area (Å²) >= 11 is 0. The van der Waals surface area contributed by atoms with Crippen LogP contribution in [0, 0.1) is 0 Å². The molecule has 1 fully saturated rings. The topological polar surface area (TPSA) is 89.2 Å². The van der Waals surface area contributed by atoms with Crippen LogP contribution in [-0.4, -0.2) is 55.0 Å². The highest BCUT2D eigenvalue weighted by Crippen LogP contribution is 2.36. The number of benzene rings is 1. The molecule has 0 bridgehead atoms. The number of ether oxygens (including phenoxy) is 1. The van der Waals surface area contributed by atoms with Gasteiger partial charge in [0.05, 0.1) is 25.4 Å². The van der Waals surface area contributed by atoms with E-state index >= 15 is 0 Å². The van der Waals surface area contributed by atoms with Gasteiger partial charge in [-0.3, -0.25) is 9.88 Å². The van der Waals surface area contributed by atoms with Crippen LogP contribution in [0.2, 0.25) is 0 Å². The van der Waals surface area contributed by atoms with Crippen molar-refractivity contribution in [3.63, 3.8) is 0 Å². The molecule has 0 spiro atoms. The van der Waals surface area contributed by atoms with E-state index in [4.69, 9.17) is 4.74 Å². The lowest BCUT2D eigenvalue weighted by Gasteiger charge is -2.28. The number of nitrogens with zero attached hydrogens (tertiary/aromatic N) is 6. The number of aliphatic hydroxyl groups excluding tert-OH is 1. The molecule has 0 unspecified atom stereocenters. The van der Waals surface area contributed by atoms with Gasteiger partial charge in [0, 0.05) is 25.0 Å². The fourth-order valence-corrected chi connectivity index (χ4v) is 3.66. The summed E-state index contributed by atoms with van der Waals surface area (Å²) in [5.41, 5.74) is 1.98. The molecule has 8 heteroatoms. The van der Waals surface area contributed by atoms with Crippen molar-refractivity contribution in [1.82, 2.24) is 30.1 Å². The fourth-order valence-electron chi connectivity index (χ4n) is 3.66. The smallest absolute Gasteiger partial charge is 0.173 e. The van der Waals surface area contributed by atoms with Crippen molar-refractivity contribution < 1.29 is 9.84 Å². The first-order chi connectivity index (χ1) is 13.3. The maximum atomic E-state index is 9.84. The number of likely N-dealkylation sites (tertiary alicyclic amines) is 1. The van der Waals surface area contributed by atoms with Crippen LogP contribution in [0.25, 0.3) is 5.69 Å². The van der Waals surface area contributed by atoms with Gasteiger partial charge in [-0.1, -0.05) is 6.07 Å². The van der Waals surface area contributed by atoms with Crippen molar-refractivity contribution >= 4 is 0 Å². The Morgan fingerprint density at radius 3 is 2.74 bits per heavy atom. The van der Waals surface area contributed by atoms with Crippen molar-refractivity contribution in [2.45, 2.75) is 31.5 Å². The lowest BCUT2D eigenvalue weighted by Crippen LogP contribution is -2.34. The highest BCUT2D eigenvalue weighted by atomic mass is 16.5. The molecule has 27 heavy (non-hydrogen) atoms. The molecule has 1 saturated heterocycles. The summed E-state index contributed by atoms with van der Waals surface area (Å²) in [5.74, 6) is 1.56. The minimum absolute atomic E-state index is 0.0273. The maximum absolute atomic E-state index is 9.84. The summed E-state index contributed by atoms with van der Waals surface area (Å²) in [6, 6.07) is 11.7. The first kappa shape index (κ1) is 17.6. The molecular weight excluding hydrogens is 344 g/mol. The van der Waals surface area contributed by atoms with Gasteiger partial charge in [-0.25, -0.2) is 0 Å². The number of rotatable bonds is 6. The number of hydrogen-bond acceptors (Lipinski definition) is 7. The van der Waals surface area contributed by atoms with Gasteiger partial charge in [0.15, 0.2) is 5.82 Å². The molecule has 0 radical (unpaired) electrons. The molecule has 0 amide bonds. The lowest BCUT2D eigenvalue weighted by molar-refractivity contribution is 0.118. The number of pyridine rings is 1. The zero-order valence-corrected chi connectivity index (χ0v) is 15.1. The summed E-state index contributed by atoms with van der Waals surface area (Å²) < 4.78 is 6.99. The monoisotopic (exact) mass is 366 g/mol. The van der Waals surface area contributed by atoms with Crippen molar-refractivity contribution in [1.29, 1.82) is 0 Å². The fraction of sp³-hybridized carbons (Fsp3) is 0.368. The maximum Gasteiger partial charge on any atom is 0.173 e. The van der Waals surface area contributed by atoms with E-state index in [2.05, 4.69) is 25.4 Å². The Kier molecular flexibility index (Phi) is 5.08. The predicted octanol–water partition coefficient (Wildman–Crippen LogP) is 1.76. The summed E-state index contributed by atoms with van der Waals surface area (Å²) in [6.07, 6.45) is 5.41. The second kappa shape index (κ2) is 7.81. The Balaban J connectivity index is 1.64. The Morgan fingerprint density at radius 2 is 2.04 bits per heavy atom. The summed E-state index contributed by atoms with van der Waals surface area (Å²) in [4.78, 5) is 6.47. The molecule has 3 heterocycles. The largest absolute Gasteiger partial charge is 0.497 e. The van der Waals surface area contributed by atoms with Crippen LogP contribution >= 0.6 is 0 Å². The van der Waals surface area contributed by atoms with Gasteiger partial charge in [-0.05, 0) is 59.2 Å². The van der Waals surface area contributed by atoms with Gasteiger partial charge in [0.1, 0.15) is 5.75 Å². The first-order valence-electron chi connectivity index (χ1n) is 8.98. The molecule has 1 aromatic carbocycles. The van der Waals surface area contributed by atoms with Crippen molar-refractivity contribution in [3.8, 4) is 11.4 Å². The highest BCUT2D eigenvalue weighted by Gasteiger charge is 2.37. The number of aliphatic hydroxyl groups is 1. The van der Waals surface area contributed by atoms with Crippen molar-refractivity contribution in [2.24, 2.45) is 0 Å². The Labute approximate surface area is 157 Å². The van der Waals surface area contributed by atoms with Crippen LogP contribution < -0.4 is 4.74 Å². The Morgan fingerprint density at radius 1 is 1.19 bits per heavy atom. The SMILES string of the molecule is COc1ccc(-n2nnnc2[C@@H]2CC[C@@H](CO)N2Cc2cccnc2)cc1. The van der Waals surface area contributed by atoms with Gasteiger partial charge >= 0.3 is 0 Å². The van der Waals surface area contributed by atoms with Crippen molar-refractivity contribution in [2.75, 3.05) is 13.7 Å². The third kappa shape index (κ3) is 3.54. The van der Waals surface area contributed by atoms with E-state index in [0.717, 1.165) is 35.7 Å². The third-order valence-electron chi connectivity index (χ3n) is 5.05. The zero-order valence-electron chi connectivity index (χ0n) is 15.1. The lowest BCUT2D eigenvalue weighted by atomic mass is 10.2. The molecule has 0 aliphatic carbocycles. The summed E-state index contributed by atoms with van der Waals surface area (Å²) in [6.45, 7) is 0.806. The second-order valence-electron chi connectivity index (χ2n) is 6.61. The van der Waals surface area contributed by atoms with Gasteiger partial charge in [-0.15, -0.1) is 5.10 Å². The molecule has 3 aromatic rings. The molecule has 1 aliphatic heterocycles. The standard InChI is InChI=1S/C19H22N6O2/c1-27-17-7-4-15(5-8-17)25-19(21-22-23-25)18-9-6-16(13-26)24(18)12-14-3-2-10-20-11-14/h2-5,7-8,10-11,16,18,26H,6,9,12-13H2,1H3/t16-,18-/m0/s1. The van der Waals surface area contributed by atoms with Gasteiger partial charge in [0.25, 0.3) is 0 Å². The molecule has 8 nitrogen and oxygen atoms in total. The van der Waals surface area contributed by atoms with E-state index < -0.39 is 0 Å². The van der Waals surface area contributed by atoms with E-state index in [1.54, 1.807) is 18.0 Å². The number of methoxy groups -OCH3 is 1. The van der Waals surface area contributed by atoms with E-state index in [1.165, 1.54) is 0 Å². The minimum Gasteiger partial charge on any atom is -0.497 e. The number of tetrazole rings is 1. The van der Waals surface area contributed by atoms with E-state index in [1.807, 2.05) is 42.6 Å². The zero-order chi connectivity index (χ0) is 18.6. The predicted molar refractivity (Wildman–Crippen MR) is 98.3 cm³/mol. The van der Waals surface area contributed by atoms with E-state index in [9.17, 15) is 5.11 Å². The van der Waals surface area contributed by atoms with E-state index in [-0.39, 0.29) is 18.7 Å². The molecule has 1 aliphatic rings. The Bertz CT molecular complexity index is 867. The van der Waals surface area contributed by atoms with Gasteiger partial charge in [0.2, 0.25) is 0 Å². The first-order valence-corrected chi connectivity index (χ1v) is 8.98. The van der Waals surface area contributed by atoms with Crippen LogP contribution in [0.3, 0.4) is 0 Å². The van der Waals surface area contributed by atoms with Gasteiger partial charge < -0.3 is 9.84 Å². The van der Waals surface area contributed by atoms with Gasteiger partial charge in [-0.2, -0.15) is 4.68 Å². The summed E-state index contributed by atoms with van der Waals surface area (Å²) in [5, 5.41) is 22.3. The van der Waals surface area contributed by atoms with Crippen LogP contribution in [-0.2, 0) is 6.54 Å². The molecule has 140 valence electrons. The summed E-state index contributed by atoms with van der Waals surface area (Å²) in [7, 11) is 1.64. The number of hydrogen-bond donors (Lipinski definition) is 1. The molecule has 1 N–H and O–H groups in total. The Hall–Kier alpha value is -2.84. The second-order valence-corrected chi connectivity index (χ2v) is 6.61. The molecule has 0 saturated carbocycles. The van der Waals surface area contributed by atoms with Crippen molar-refractivity contribution in [3.05, 3.63) is 60.2 Å². The van der Waals surface area contributed by atoms with Crippen LogP contribution in [0.1, 0.15) is 30.3 Å². The van der Waals surface area contributed by atoms with Crippen LogP contribution in [0.4, 0.5) is 0 Å². The molecule has 4 rings (SSSR count). The molecule has 2 aromatic heterocycles. The molecule has 2 atom stereocenters. The van der Waals surface area contributed by atoms with Crippen LogP contribution in [0.15, 0.2) is 48.8 Å². The highest BCUT2D eigenvalue weighted by molar-refractivity contribution is 5.37. The van der Waals surface area contributed by atoms with Crippen LogP contribution in [0.5, 0.6) is 5.75 Å². The third-order valence-corrected chi connectivity index (χ3v) is 5.05. The minimum atomic E-state index is 0.0273.